The summed E-state index contributed by atoms with van der Waals surface area (Å²) in [5.41, 5.74) is 3.65. The summed E-state index contributed by atoms with van der Waals surface area (Å²) in [5.74, 6) is -4.03. The molecule has 3 rings (SSSR count). The van der Waals surface area contributed by atoms with Crippen LogP contribution in [0.1, 0.15) is 63.5 Å². The Labute approximate surface area is 310 Å². The zero-order valence-corrected chi connectivity index (χ0v) is 30.7. The average molecular weight is 788 g/mol. The van der Waals surface area contributed by atoms with E-state index in [9.17, 15) is 33.2 Å². The Balaban J connectivity index is 0.000000371. The van der Waals surface area contributed by atoms with Crippen molar-refractivity contribution in [3.05, 3.63) is 94.2 Å². The van der Waals surface area contributed by atoms with Gasteiger partial charge in [-0.3, -0.25) is 28.8 Å². The maximum Gasteiger partial charge on any atom is 0.307 e. The number of carbonyl (C=O) groups is 6. The monoisotopic (exact) mass is 786 g/mol. The van der Waals surface area contributed by atoms with Crippen LogP contribution in [0.25, 0.3) is 11.1 Å². The molecule has 4 N–H and O–H groups in total. The molecular formula is C38H44BrFN2O10. The molecule has 0 aliphatic rings. The van der Waals surface area contributed by atoms with Gasteiger partial charge in [0.1, 0.15) is 5.82 Å². The Morgan fingerprint density at radius 1 is 0.615 bits per heavy atom. The Bertz CT molecular complexity index is 1620. The zero-order valence-electron chi connectivity index (χ0n) is 29.1. The minimum absolute atomic E-state index is 0.00757. The van der Waals surface area contributed by atoms with Gasteiger partial charge in [0.05, 0.1) is 38.9 Å². The minimum Gasteiger partial charge on any atom is -0.481 e. The molecular weight excluding hydrogens is 743 g/mol. The van der Waals surface area contributed by atoms with Gasteiger partial charge in [0.15, 0.2) is 0 Å². The molecule has 3 aromatic carbocycles. The Morgan fingerprint density at radius 2 is 0.981 bits per heavy atom. The standard InChI is InChI=1S/C22H24FNO5.C16H20BrNO5/c1-2-29-22(28)14-19(24-20(25)11-12-21(26)27)13-15-3-5-16(6-4-15)17-7-9-18(23)10-8-17;1-2-23-16(22)10-13(18-14(19)7-8-15(20)21)9-11-3-5-12(17)6-4-11/h3-10,19H,2,11-14H2,1H3,(H,24,25)(H,26,27);3-6,13H,2,7-10H2,1H3,(H,18,19)(H,20,21)/t19-;13-/m11/s1. The van der Waals surface area contributed by atoms with Crippen molar-refractivity contribution < 1.29 is 52.8 Å². The number of amides is 2. The van der Waals surface area contributed by atoms with Crippen molar-refractivity contribution in [2.45, 2.75) is 77.3 Å². The lowest BCUT2D eigenvalue weighted by molar-refractivity contribution is -0.145. The molecule has 0 heterocycles. The van der Waals surface area contributed by atoms with Crippen LogP contribution in [0.15, 0.2) is 77.3 Å². The van der Waals surface area contributed by atoms with Gasteiger partial charge in [0.2, 0.25) is 11.8 Å². The number of hydrogen-bond donors (Lipinski definition) is 4. The smallest absolute Gasteiger partial charge is 0.307 e. The highest BCUT2D eigenvalue weighted by atomic mass is 79.9. The van der Waals surface area contributed by atoms with Crippen molar-refractivity contribution in [1.82, 2.24) is 10.6 Å². The second-order valence-electron chi connectivity index (χ2n) is 11.6. The molecule has 0 aliphatic carbocycles. The molecule has 0 aliphatic heterocycles. The maximum atomic E-state index is 13.1. The molecule has 0 unspecified atom stereocenters. The van der Waals surface area contributed by atoms with E-state index in [1.807, 2.05) is 48.5 Å². The first-order chi connectivity index (χ1) is 24.8. The van der Waals surface area contributed by atoms with Gasteiger partial charge >= 0.3 is 23.9 Å². The number of benzene rings is 3. The Hall–Kier alpha value is -5.11. The summed E-state index contributed by atoms with van der Waals surface area (Å²) in [4.78, 5) is 68.5. The molecule has 12 nitrogen and oxygen atoms in total. The highest BCUT2D eigenvalue weighted by molar-refractivity contribution is 9.10. The number of aliphatic carboxylic acids is 2. The van der Waals surface area contributed by atoms with Crippen molar-refractivity contribution in [2.24, 2.45) is 0 Å². The van der Waals surface area contributed by atoms with Gasteiger partial charge < -0.3 is 30.3 Å². The molecule has 0 radical (unpaired) electrons. The molecule has 52 heavy (non-hydrogen) atoms. The number of ether oxygens (including phenoxy) is 2. The normalized spacial score (nSPS) is 11.5. The van der Waals surface area contributed by atoms with Crippen LogP contribution in [-0.4, -0.2) is 71.2 Å². The van der Waals surface area contributed by atoms with Crippen molar-refractivity contribution in [3.63, 3.8) is 0 Å². The van der Waals surface area contributed by atoms with E-state index in [0.717, 1.165) is 26.7 Å². The van der Waals surface area contributed by atoms with Crippen LogP contribution in [0.5, 0.6) is 0 Å². The fourth-order valence-corrected chi connectivity index (χ4v) is 5.16. The summed E-state index contributed by atoms with van der Waals surface area (Å²) in [5, 5.41) is 22.7. The number of rotatable bonds is 19. The molecule has 0 saturated heterocycles. The van der Waals surface area contributed by atoms with Crippen LogP contribution in [-0.2, 0) is 51.1 Å². The highest BCUT2D eigenvalue weighted by Gasteiger charge is 2.20. The van der Waals surface area contributed by atoms with Gasteiger partial charge in [-0.1, -0.05) is 64.5 Å². The van der Waals surface area contributed by atoms with Crippen molar-refractivity contribution in [3.8, 4) is 11.1 Å². The van der Waals surface area contributed by atoms with E-state index >= 15 is 0 Å². The third-order valence-electron chi connectivity index (χ3n) is 7.31. The number of carbonyl (C=O) groups excluding carboxylic acids is 4. The van der Waals surface area contributed by atoms with Crippen LogP contribution in [0.4, 0.5) is 4.39 Å². The van der Waals surface area contributed by atoms with E-state index in [-0.39, 0.29) is 63.5 Å². The first kappa shape index (κ1) is 43.1. The van der Waals surface area contributed by atoms with Crippen LogP contribution in [0, 0.1) is 5.82 Å². The third-order valence-corrected chi connectivity index (χ3v) is 7.84. The van der Waals surface area contributed by atoms with E-state index in [2.05, 4.69) is 26.6 Å². The summed E-state index contributed by atoms with van der Waals surface area (Å²) >= 11 is 3.35. The fraction of sp³-hybridized carbons (Fsp3) is 0.368. The molecule has 0 bridgehead atoms. The van der Waals surface area contributed by atoms with E-state index in [1.54, 1.807) is 26.0 Å². The van der Waals surface area contributed by atoms with Crippen molar-refractivity contribution in [2.75, 3.05) is 13.2 Å². The lowest BCUT2D eigenvalue weighted by atomic mass is 9.99. The molecule has 0 fully saturated rings. The molecule has 2 amide bonds. The number of hydrogen-bond acceptors (Lipinski definition) is 8. The topological polar surface area (TPSA) is 185 Å². The third kappa shape index (κ3) is 18.2. The lowest BCUT2D eigenvalue weighted by Crippen LogP contribution is -2.38. The lowest BCUT2D eigenvalue weighted by Gasteiger charge is -2.18. The van der Waals surface area contributed by atoms with Crippen molar-refractivity contribution >= 4 is 51.6 Å². The number of carboxylic acid groups (broad SMARTS) is 2. The molecule has 2 atom stereocenters. The summed E-state index contributed by atoms with van der Waals surface area (Å²) in [7, 11) is 0. The van der Waals surface area contributed by atoms with Crippen LogP contribution < -0.4 is 10.6 Å². The first-order valence-corrected chi connectivity index (χ1v) is 17.5. The second kappa shape index (κ2) is 23.4. The number of carboxylic acids is 2. The zero-order chi connectivity index (χ0) is 38.5. The number of halogens is 2. The summed E-state index contributed by atoms with van der Waals surface area (Å²) < 4.78 is 23.9. The summed E-state index contributed by atoms with van der Waals surface area (Å²) in [6.07, 6.45) is 0.106. The SMILES string of the molecule is CCOC(=O)C[C@@H](Cc1ccc(-c2ccc(F)cc2)cc1)NC(=O)CCC(=O)O.CCOC(=O)C[C@@H](Cc1ccc(Br)cc1)NC(=O)CCC(=O)O. The van der Waals surface area contributed by atoms with Crippen LogP contribution in [0.3, 0.4) is 0 Å². The predicted octanol–water partition coefficient (Wildman–Crippen LogP) is 5.63. The Kier molecular flexibility index (Phi) is 19.4. The van der Waals surface area contributed by atoms with Crippen LogP contribution >= 0.6 is 15.9 Å². The minimum atomic E-state index is -1.06. The summed E-state index contributed by atoms with van der Waals surface area (Å²) in [6.45, 7) is 3.93. The van der Waals surface area contributed by atoms with E-state index in [1.165, 1.54) is 12.1 Å². The van der Waals surface area contributed by atoms with Gasteiger partial charge in [-0.25, -0.2) is 4.39 Å². The molecule has 14 heteroatoms. The van der Waals surface area contributed by atoms with E-state index in [0.29, 0.717) is 12.8 Å². The summed E-state index contributed by atoms with van der Waals surface area (Å²) in [6, 6.07) is 20.3. The number of esters is 2. The highest BCUT2D eigenvalue weighted by Crippen LogP contribution is 2.21. The first-order valence-electron chi connectivity index (χ1n) is 16.7. The maximum absolute atomic E-state index is 13.1. The second-order valence-corrected chi connectivity index (χ2v) is 12.5. The molecule has 0 saturated carbocycles. The predicted molar refractivity (Wildman–Crippen MR) is 193 cm³/mol. The van der Waals surface area contributed by atoms with E-state index in [4.69, 9.17) is 19.7 Å². The van der Waals surface area contributed by atoms with Gasteiger partial charge in [-0.05, 0) is 73.2 Å². The van der Waals surface area contributed by atoms with E-state index < -0.39 is 41.9 Å². The molecule has 0 spiro atoms. The molecule has 3 aromatic rings. The number of nitrogens with one attached hydrogen (secondary N) is 2. The molecule has 280 valence electrons. The van der Waals surface area contributed by atoms with Gasteiger partial charge in [0.25, 0.3) is 0 Å². The van der Waals surface area contributed by atoms with Gasteiger partial charge in [-0.15, -0.1) is 0 Å². The fourth-order valence-electron chi connectivity index (χ4n) is 4.90. The van der Waals surface area contributed by atoms with Crippen LogP contribution in [0.2, 0.25) is 0 Å². The quantitative estimate of drug-likeness (QED) is 0.111. The van der Waals surface area contributed by atoms with Crippen molar-refractivity contribution in [1.29, 1.82) is 0 Å². The Morgan fingerprint density at radius 3 is 1.35 bits per heavy atom. The largest absolute Gasteiger partial charge is 0.481 e. The average Bonchev–Trinajstić information content (AvgIpc) is 3.08. The molecule has 0 aromatic heterocycles. The van der Waals surface area contributed by atoms with Gasteiger partial charge in [0, 0.05) is 29.4 Å². The van der Waals surface area contributed by atoms with Gasteiger partial charge in [-0.2, -0.15) is 0 Å².